The van der Waals surface area contributed by atoms with E-state index in [9.17, 15) is 4.79 Å². The van der Waals surface area contributed by atoms with E-state index in [1.807, 2.05) is 23.1 Å². The van der Waals surface area contributed by atoms with E-state index in [1.165, 1.54) is 0 Å². The molecule has 7 heteroatoms. The van der Waals surface area contributed by atoms with Gasteiger partial charge < -0.3 is 14.6 Å². The van der Waals surface area contributed by atoms with Gasteiger partial charge in [0.25, 0.3) is 5.91 Å². The van der Waals surface area contributed by atoms with E-state index in [1.54, 1.807) is 18.3 Å². The van der Waals surface area contributed by atoms with E-state index in [4.69, 9.17) is 16.0 Å². The number of carbonyl (C=O) groups excluding carboxylic acids is 1. The van der Waals surface area contributed by atoms with Crippen LogP contribution in [0.25, 0.3) is 0 Å². The number of amides is 1. The van der Waals surface area contributed by atoms with Crippen LogP contribution in [0.4, 0.5) is 0 Å². The van der Waals surface area contributed by atoms with Gasteiger partial charge in [0, 0.05) is 12.2 Å². The molecular weight excluding hydrogens is 349 g/mol. The molecule has 0 saturated carbocycles. The first-order valence-corrected chi connectivity index (χ1v) is 8.29. The van der Waals surface area contributed by atoms with Crippen molar-refractivity contribution in [3.63, 3.8) is 0 Å². The minimum atomic E-state index is -0.130. The number of aromatic nitrogens is 1. The van der Waals surface area contributed by atoms with Crippen molar-refractivity contribution in [2.75, 3.05) is 13.1 Å². The first kappa shape index (κ1) is 18.8. The molecule has 1 saturated heterocycles. The first-order chi connectivity index (χ1) is 11.2. The first-order valence-electron chi connectivity index (χ1n) is 7.91. The molecule has 1 atom stereocenters. The van der Waals surface area contributed by atoms with E-state index in [0.717, 1.165) is 38.0 Å². The average Bonchev–Trinajstić information content (AvgIpc) is 2.84. The van der Waals surface area contributed by atoms with Gasteiger partial charge in [0.05, 0.1) is 12.2 Å². The van der Waals surface area contributed by atoms with Crippen molar-refractivity contribution < 1.29 is 9.21 Å². The Hall–Kier alpha value is -1.56. The van der Waals surface area contributed by atoms with Gasteiger partial charge >= 0.3 is 0 Å². The van der Waals surface area contributed by atoms with Crippen LogP contribution in [0.2, 0.25) is 5.22 Å². The quantitative estimate of drug-likeness (QED) is 0.895. The van der Waals surface area contributed by atoms with Crippen molar-refractivity contribution in [3.05, 3.63) is 53.2 Å². The summed E-state index contributed by atoms with van der Waals surface area (Å²) in [6.45, 7) is 2.38. The molecule has 130 valence electrons. The van der Waals surface area contributed by atoms with Crippen LogP contribution in [-0.4, -0.2) is 34.9 Å². The zero-order chi connectivity index (χ0) is 16.1. The van der Waals surface area contributed by atoms with Crippen molar-refractivity contribution in [2.45, 2.75) is 31.8 Å². The Morgan fingerprint density at radius 3 is 2.88 bits per heavy atom. The van der Waals surface area contributed by atoms with Gasteiger partial charge in [-0.1, -0.05) is 6.07 Å². The number of hydrogen-bond acceptors (Lipinski definition) is 4. The van der Waals surface area contributed by atoms with E-state index in [0.29, 0.717) is 6.54 Å². The monoisotopic (exact) mass is 369 g/mol. The molecule has 24 heavy (non-hydrogen) atoms. The molecule has 0 bridgehead atoms. The van der Waals surface area contributed by atoms with Crippen LogP contribution >= 0.6 is 24.0 Å². The summed E-state index contributed by atoms with van der Waals surface area (Å²) in [7, 11) is 0. The topological polar surface area (TPSA) is 58.4 Å². The number of nitrogens with one attached hydrogen (secondary N) is 1. The molecule has 5 nitrogen and oxygen atoms in total. The molecule has 3 heterocycles. The number of carbonyl (C=O) groups is 1. The van der Waals surface area contributed by atoms with Crippen LogP contribution in [0, 0.1) is 0 Å². The molecule has 1 unspecified atom stereocenters. The lowest BCUT2D eigenvalue weighted by Crippen LogP contribution is -2.40. The van der Waals surface area contributed by atoms with Crippen molar-refractivity contribution in [1.82, 2.24) is 15.2 Å². The second-order valence-corrected chi connectivity index (χ2v) is 6.07. The number of furan rings is 1. The standard InChI is InChI=1S/C17H20ClN3O2.ClH/c18-16-7-6-15(23-16)17(22)21(12-13-4-1-2-10-20-13)14-5-3-9-19-11-8-14;/h1-2,4,6-7,10,14,19H,3,5,8-9,11-12H2;1H. The molecule has 1 aliphatic heterocycles. The SMILES string of the molecule is Cl.O=C(c1ccc(Cl)o1)N(Cc1ccccn1)C1CCCNCC1. The molecule has 3 rings (SSSR count). The maximum atomic E-state index is 12.9. The van der Waals surface area contributed by atoms with Gasteiger partial charge in [0.15, 0.2) is 11.0 Å². The van der Waals surface area contributed by atoms with Crippen LogP contribution in [0.5, 0.6) is 0 Å². The summed E-state index contributed by atoms with van der Waals surface area (Å²) in [5, 5.41) is 3.61. The van der Waals surface area contributed by atoms with Crippen LogP contribution < -0.4 is 5.32 Å². The molecule has 2 aromatic rings. The summed E-state index contributed by atoms with van der Waals surface area (Å²) >= 11 is 5.82. The zero-order valence-corrected chi connectivity index (χ0v) is 14.9. The van der Waals surface area contributed by atoms with Gasteiger partial charge in [-0.15, -0.1) is 12.4 Å². The molecule has 1 fully saturated rings. The lowest BCUT2D eigenvalue weighted by atomic mass is 10.1. The summed E-state index contributed by atoms with van der Waals surface area (Å²) in [5.41, 5.74) is 0.871. The molecule has 0 aromatic carbocycles. The van der Waals surface area contributed by atoms with Crippen molar-refractivity contribution in [2.24, 2.45) is 0 Å². The fourth-order valence-electron chi connectivity index (χ4n) is 2.92. The summed E-state index contributed by atoms with van der Waals surface area (Å²) in [5.74, 6) is 0.151. The predicted octanol–water partition coefficient (Wildman–Crippen LogP) is 3.53. The largest absolute Gasteiger partial charge is 0.440 e. The summed E-state index contributed by atoms with van der Waals surface area (Å²) in [6.07, 6.45) is 4.69. The average molecular weight is 370 g/mol. The summed E-state index contributed by atoms with van der Waals surface area (Å²) < 4.78 is 5.32. The fourth-order valence-corrected chi connectivity index (χ4v) is 3.06. The minimum Gasteiger partial charge on any atom is -0.440 e. The molecule has 0 radical (unpaired) electrons. The van der Waals surface area contributed by atoms with Gasteiger partial charge in [-0.3, -0.25) is 9.78 Å². The van der Waals surface area contributed by atoms with E-state index >= 15 is 0 Å². The Morgan fingerprint density at radius 1 is 1.29 bits per heavy atom. The number of rotatable bonds is 4. The highest BCUT2D eigenvalue weighted by Crippen LogP contribution is 2.21. The van der Waals surface area contributed by atoms with E-state index in [-0.39, 0.29) is 35.3 Å². The molecule has 0 aliphatic carbocycles. The van der Waals surface area contributed by atoms with Crippen LogP contribution in [0.1, 0.15) is 35.5 Å². The summed E-state index contributed by atoms with van der Waals surface area (Å²) in [6, 6.07) is 9.14. The number of pyridine rings is 1. The molecule has 0 spiro atoms. The maximum absolute atomic E-state index is 12.9. The van der Waals surface area contributed by atoms with E-state index < -0.39 is 0 Å². The lowest BCUT2D eigenvalue weighted by Gasteiger charge is -2.30. The van der Waals surface area contributed by atoms with Gasteiger partial charge in [-0.2, -0.15) is 0 Å². The predicted molar refractivity (Wildman–Crippen MR) is 95.6 cm³/mol. The minimum absolute atomic E-state index is 0. The Bertz CT molecular complexity index is 640. The third-order valence-electron chi connectivity index (χ3n) is 4.09. The Kier molecular flexibility index (Phi) is 7.09. The molecule has 1 N–H and O–H groups in total. The highest BCUT2D eigenvalue weighted by atomic mass is 35.5. The van der Waals surface area contributed by atoms with Gasteiger partial charge in [0.2, 0.25) is 0 Å². The Balaban J connectivity index is 0.00000208. The maximum Gasteiger partial charge on any atom is 0.290 e. The van der Waals surface area contributed by atoms with Crippen LogP contribution in [0.15, 0.2) is 40.9 Å². The molecule has 1 aliphatic rings. The molecule has 1 amide bonds. The number of halogens is 2. The van der Waals surface area contributed by atoms with Gasteiger partial charge in [-0.05, 0) is 68.2 Å². The number of nitrogens with zero attached hydrogens (tertiary/aromatic N) is 2. The van der Waals surface area contributed by atoms with E-state index in [2.05, 4.69) is 10.3 Å². The Morgan fingerprint density at radius 2 is 2.17 bits per heavy atom. The smallest absolute Gasteiger partial charge is 0.290 e. The summed E-state index contributed by atoms with van der Waals surface area (Å²) in [4.78, 5) is 19.1. The Labute approximate surface area is 152 Å². The molecular formula is C17H21Cl2N3O2. The van der Waals surface area contributed by atoms with Crippen molar-refractivity contribution in [1.29, 1.82) is 0 Å². The van der Waals surface area contributed by atoms with Crippen molar-refractivity contribution >= 4 is 29.9 Å². The third kappa shape index (κ3) is 4.72. The second kappa shape index (κ2) is 9.06. The highest BCUT2D eigenvalue weighted by molar-refractivity contribution is 6.29. The second-order valence-electron chi connectivity index (χ2n) is 5.69. The highest BCUT2D eigenvalue weighted by Gasteiger charge is 2.27. The van der Waals surface area contributed by atoms with Crippen molar-refractivity contribution in [3.8, 4) is 0 Å². The zero-order valence-electron chi connectivity index (χ0n) is 13.3. The van der Waals surface area contributed by atoms with Gasteiger partial charge in [0.1, 0.15) is 0 Å². The van der Waals surface area contributed by atoms with Crippen LogP contribution in [-0.2, 0) is 6.54 Å². The fraction of sp³-hybridized carbons (Fsp3) is 0.412. The molecule has 2 aromatic heterocycles. The van der Waals surface area contributed by atoms with Crippen LogP contribution in [0.3, 0.4) is 0 Å². The lowest BCUT2D eigenvalue weighted by molar-refractivity contribution is 0.0609. The number of hydrogen-bond donors (Lipinski definition) is 1. The normalized spacial score (nSPS) is 17.6. The third-order valence-corrected chi connectivity index (χ3v) is 4.29. The van der Waals surface area contributed by atoms with Gasteiger partial charge in [-0.25, -0.2) is 0 Å².